The number of halogens is 1. The lowest BCUT2D eigenvalue weighted by Crippen LogP contribution is -2.29. The van der Waals surface area contributed by atoms with E-state index in [1.807, 2.05) is 12.1 Å². The highest BCUT2D eigenvalue weighted by Crippen LogP contribution is 2.26. The predicted molar refractivity (Wildman–Crippen MR) is 122 cm³/mol. The number of allylic oxidation sites excluding steroid dienone is 1. The van der Waals surface area contributed by atoms with Crippen molar-refractivity contribution in [2.45, 2.75) is 25.7 Å². The lowest BCUT2D eigenvalue weighted by Gasteiger charge is -2.29. The number of nitrogens with zero attached hydrogens (tertiary/aromatic N) is 3. The molecular weight excluding hydrogens is 391 g/mol. The average Bonchev–Trinajstić information content (AvgIpc) is 2.79. The normalized spacial score (nSPS) is 13.6. The largest absolute Gasteiger partial charge is 0.371 e. The van der Waals surface area contributed by atoms with E-state index in [-0.39, 0.29) is 12.2 Å². The van der Waals surface area contributed by atoms with Gasteiger partial charge in [-0.25, -0.2) is 14.4 Å². The maximum Gasteiger partial charge on any atom is 0.227 e. The molecule has 0 unspecified atom stereocenters. The molecule has 0 amide bonds. The van der Waals surface area contributed by atoms with Crippen molar-refractivity contribution in [2.24, 2.45) is 0 Å². The Balaban J connectivity index is 1.55. The van der Waals surface area contributed by atoms with Crippen LogP contribution in [-0.4, -0.2) is 28.8 Å². The van der Waals surface area contributed by atoms with Gasteiger partial charge in [0.1, 0.15) is 5.82 Å². The maximum atomic E-state index is 14.1. The Hall–Kier alpha value is -3.54. The highest BCUT2D eigenvalue weighted by molar-refractivity contribution is 5.91. The lowest BCUT2D eigenvalue weighted by molar-refractivity contribution is -0.114. The van der Waals surface area contributed by atoms with Crippen LogP contribution in [0.1, 0.15) is 24.8 Å². The second-order valence-electron chi connectivity index (χ2n) is 7.68. The third-order valence-corrected chi connectivity index (χ3v) is 5.34. The molecule has 0 radical (unpaired) electrons. The molecule has 1 aliphatic rings. The zero-order chi connectivity index (χ0) is 21.6. The fraction of sp³-hybridized carbons (Fsp3) is 0.240. The first kappa shape index (κ1) is 20.7. The van der Waals surface area contributed by atoms with Crippen LogP contribution in [0.3, 0.4) is 0 Å². The predicted octanol–water partition coefficient (Wildman–Crippen LogP) is 5.31. The third kappa shape index (κ3) is 5.34. The number of ketones is 1. The van der Waals surface area contributed by atoms with Gasteiger partial charge < -0.3 is 10.2 Å². The molecule has 2 aromatic carbocycles. The van der Waals surface area contributed by atoms with Gasteiger partial charge in [-0.15, -0.1) is 0 Å². The van der Waals surface area contributed by atoms with Crippen molar-refractivity contribution < 1.29 is 9.18 Å². The Morgan fingerprint density at radius 1 is 1.13 bits per heavy atom. The summed E-state index contributed by atoms with van der Waals surface area (Å²) in [5, 5.41) is 3.25. The molecule has 0 saturated carbocycles. The number of anilines is 3. The van der Waals surface area contributed by atoms with Gasteiger partial charge in [0.05, 0.1) is 5.69 Å². The molecule has 0 aliphatic carbocycles. The fourth-order valence-corrected chi connectivity index (χ4v) is 3.81. The highest BCUT2D eigenvalue weighted by atomic mass is 19.1. The molecule has 1 N–H and O–H groups in total. The van der Waals surface area contributed by atoms with Gasteiger partial charge in [-0.1, -0.05) is 12.6 Å². The molecule has 1 saturated heterocycles. The Morgan fingerprint density at radius 2 is 1.97 bits per heavy atom. The van der Waals surface area contributed by atoms with Crippen LogP contribution in [0.15, 0.2) is 67.4 Å². The first-order chi connectivity index (χ1) is 15.1. The first-order valence-corrected chi connectivity index (χ1v) is 10.5. The van der Waals surface area contributed by atoms with Crippen LogP contribution < -0.4 is 10.2 Å². The minimum Gasteiger partial charge on any atom is -0.371 e. The molecule has 3 aromatic rings. The zero-order valence-corrected chi connectivity index (χ0v) is 17.4. The minimum absolute atomic E-state index is 0.105. The van der Waals surface area contributed by atoms with Crippen molar-refractivity contribution in [1.82, 2.24) is 9.97 Å². The average molecular weight is 417 g/mol. The smallest absolute Gasteiger partial charge is 0.227 e. The summed E-state index contributed by atoms with van der Waals surface area (Å²) in [5.74, 6) is -0.136. The number of carbonyl (C=O) groups excluding carboxylic acids is 1. The van der Waals surface area contributed by atoms with Gasteiger partial charge in [0.15, 0.2) is 5.78 Å². The minimum atomic E-state index is -0.410. The van der Waals surface area contributed by atoms with E-state index in [2.05, 4.69) is 38.9 Å². The highest BCUT2D eigenvalue weighted by Gasteiger charge is 2.12. The summed E-state index contributed by atoms with van der Waals surface area (Å²) in [5.41, 5.74) is 3.84. The van der Waals surface area contributed by atoms with Crippen molar-refractivity contribution in [3.05, 3.63) is 78.8 Å². The van der Waals surface area contributed by atoms with Gasteiger partial charge in [0, 0.05) is 42.6 Å². The number of aromatic nitrogens is 2. The quantitative estimate of drug-likeness (QED) is 0.529. The van der Waals surface area contributed by atoms with E-state index in [0.717, 1.165) is 18.8 Å². The van der Waals surface area contributed by atoms with Gasteiger partial charge in [0.25, 0.3) is 0 Å². The third-order valence-electron chi connectivity index (χ3n) is 5.34. The summed E-state index contributed by atoms with van der Waals surface area (Å²) in [7, 11) is 0. The molecule has 5 nitrogen and oxygen atoms in total. The monoisotopic (exact) mass is 416 g/mol. The van der Waals surface area contributed by atoms with Crippen molar-refractivity contribution in [3.63, 3.8) is 0 Å². The van der Waals surface area contributed by atoms with E-state index in [9.17, 15) is 9.18 Å². The van der Waals surface area contributed by atoms with Gasteiger partial charge in [-0.2, -0.15) is 0 Å². The van der Waals surface area contributed by atoms with Crippen molar-refractivity contribution in [2.75, 3.05) is 23.3 Å². The van der Waals surface area contributed by atoms with E-state index >= 15 is 0 Å². The van der Waals surface area contributed by atoms with E-state index < -0.39 is 5.82 Å². The van der Waals surface area contributed by atoms with Gasteiger partial charge in [-0.05, 0) is 73.4 Å². The summed E-state index contributed by atoms with van der Waals surface area (Å²) in [6, 6.07) is 14.5. The molecule has 2 heterocycles. The van der Waals surface area contributed by atoms with Gasteiger partial charge in [0.2, 0.25) is 5.95 Å². The van der Waals surface area contributed by atoms with Crippen LogP contribution in [0, 0.1) is 5.82 Å². The molecule has 0 atom stereocenters. The second kappa shape index (κ2) is 9.51. The van der Waals surface area contributed by atoms with Crippen LogP contribution >= 0.6 is 0 Å². The number of piperidine rings is 1. The van der Waals surface area contributed by atoms with E-state index in [0.29, 0.717) is 22.8 Å². The zero-order valence-electron chi connectivity index (χ0n) is 17.4. The molecule has 31 heavy (non-hydrogen) atoms. The van der Waals surface area contributed by atoms with Crippen LogP contribution in [-0.2, 0) is 11.2 Å². The Kier molecular flexibility index (Phi) is 6.36. The SMILES string of the molecule is C=CC(=O)Cc1cc(F)cc(-c2ccnc(Nc3cccc(N4CCCCC4)c3)n2)c1. The molecule has 0 bridgehead atoms. The summed E-state index contributed by atoms with van der Waals surface area (Å²) in [6.45, 7) is 5.62. The molecule has 4 rings (SSSR count). The van der Waals surface area contributed by atoms with Gasteiger partial charge >= 0.3 is 0 Å². The number of nitrogens with one attached hydrogen (secondary N) is 1. The summed E-state index contributed by atoms with van der Waals surface area (Å²) < 4.78 is 14.1. The van der Waals surface area contributed by atoms with E-state index in [4.69, 9.17) is 0 Å². The number of benzene rings is 2. The Morgan fingerprint density at radius 3 is 2.77 bits per heavy atom. The van der Waals surface area contributed by atoms with Crippen molar-refractivity contribution in [3.8, 4) is 11.3 Å². The van der Waals surface area contributed by atoms with Crippen molar-refractivity contribution >= 4 is 23.1 Å². The van der Waals surface area contributed by atoms with Crippen molar-refractivity contribution in [1.29, 1.82) is 0 Å². The summed E-state index contributed by atoms with van der Waals surface area (Å²) >= 11 is 0. The molecule has 1 aromatic heterocycles. The lowest BCUT2D eigenvalue weighted by atomic mass is 10.0. The number of carbonyl (C=O) groups is 1. The summed E-state index contributed by atoms with van der Waals surface area (Å²) in [4.78, 5) is 22.9. The molecule has 1 fully saturated rings. The number of hydrogen-bond donors (Lipinski definition) is 1. The standard InChI is InChI=1S/C25H25FN4O/c1-2-23(31)15-18-13-19(16-20(26)14-18)24-9-10-27-25(29-24)28-21-7-6-8-22(17-21)30-11-4-3-5-12-30/h2,6-10,13-14,16-17H,1,3-5,11-12,15H2,(H,27,28,29). The molecule has 158 valence electrons. The molecule has 0 spiro atoms. The molecular formula is C25H25FN4O. The van der Waals surface area contributed by atoms with Crippen LogP contribution in [0.4, 0.5) is 21.7 Å². The van der Waals surface area contributed by atoms with Crippen LogP contribution in [0.25, 0.3) is 11.3 Å². The van der Waals surface area contributed by atoms with Gasteiger partial charge in [-0.3, -0.25) is 4.79 Å². The summed E-state index contributed by atoms with van der Waals surface area (Å²) in [6.07, 6.45) is 6.72. The molecule has 1 aliphatic heterocycles. The number of rotatable bonds is 7. The Labute approximate surface area is 181 Å². The fourth-order valence-electron chi connectivity index (χ4n) is 3.81. The topological polar surface area (TPSA) is 58.1 Å². The van der Waals surface area contributed by atoms with Crippen LogP contribution in [0.2, 0.25) is 0 Å². The van der Waals surface area contributed by atoms with E-state index in [1.165, 1.54) is 43.2 Å². The van der Waals surface area contributed by atoms with Crippen LogP contribution in [0.5, 0.6) is 0 Å². The Bertz CT molecular complexity index is 1090. The molecule has 6 heteroatoms. The maximum absolute atomic E-state index is 14.1. The number of hydrogen-bond acceptors (Lipinski definition) is 5. The van der Waals surface area contributed by atoms with E-state index in [1.54, 1.807) is 18.3 Å². The second-order valence-corrected chi connectivity index (χ2v) is 7.68. The first-order valence-electron chi connectivity index (χ1n) is 10.5.